The van der Waals surface area contributed by atoms with Gasteiger partial charge in [-0.05, 0) is 37.1 Å². The van der Waals surface area contributed by atoms with E-state index in [4.69, 9.17) is 14.2 Å². The average molecular weight is 342 g/mol. The summed E-state index contributed by atoms with van der Waals surface area (Å²) in [6, 6.07) is 9.03. The largest absolute Gasteiger partial charge is 0.454 e. The highest BCUT2D eigenvalue weighted by Crippen LogP contribution is 2.34. The molecule has 1 aromatic carbocycles. The van der Waals surface area contributed by atoms with Crippen LogP contribution in [0.4, 0.5) is 17.3 Å². The van der Waals surface area contributed by atoms with Gasteiger partial charge in [-0.2, -0.15) is 0 Å². The lowest BCUT2D eigenvalue weighted by atomic mass is 9.99. The Labute approximate surface area is 144 Å². The van der Waals surface area contributed by atoms with Gasteiger partial charge in [-0.3, -0.25) is 4.79 Å². The topological polar surface area (TPSA) is 94.6 Å². The van der Waals surface area contributed by atoms with E-state index in [2.05, 4.69) is 20.8 Å². The zero-order chi connectivity index (χ0) is 17.1. The van der Waals surface area contributed by atoms with Crippen LogP contribution in [0, 0.1) is 5.92 Å². The van der Waals surface area contributed by atoms with E-state index in [1.54, 1.807) is 12.1 Å². The number of fused-ring (bicyclic) bond motifs is 1. The second-order valence-electron chi connectivity index (χ2n) is 5.87. The summed E-state index contributed by atoms with van der Waals surface area (Å²) in [4.78, 5) is 12.2. The summed E-state index contributed by atoms with van der Waals surface area (Å²) < 4.78 is 15.9. The maximum atomic E-state index is 12.2. The molecular weight excluding hydrogens is 324 g/mol. The van der Waals surface area contributed by atoms with Gasteiger partial charge < -0.3 is 24.8 Å². The minimum atomic E-state index is -0.0333. The highest BCUT2D eigenvalue weighted by molar-refractivity contribution is 5.91. The molecule has 0 aliphatic carbocycles. The third kappa shape index (κ3) is 3.63. The number of benzene rings is 1. The molecule has 2 N–H and O–H groups in total. The molecule has 8 heteroatoms. The molecule has 1 amide bonds. The molecule has 2 aliphatic rings. The van der Waals surface area contributed by atoms with Crippen LogP contribution in [0.5, 0.6) is 11.5 Å². The summed E-state index contributed by atoms with van der Waals surface area (Å²) in [6.07, 6.45) is 1.48. The number of carbonyl (C=O) groups is 1. The predicted molar refractivity (Wildman–Crippen MR) is 90.1 cm³/mol. The molecule has 25 heavy (non-hydrogen) atoms. The van der Waals surface area contributed by atoms with Gasteiger partial charge in [0.15, 0.2) is 23.1 Å². The molecule has 2 aromatic rings. The molecule has 1 aromatic heterocycles. The first-order valence-electron chi connectivity index (χ1n) is 8.17. The Morgan fingerprint density at radius 2 is 1.76 bits per heavy atom. The Bertz CT molecular complexity index is 760. The van der Waals surface area contributed by atoms with Crippen molar-refractivity contribution in [3.05, 3.63) is 30.3 Å². The Balaban J connectivity index is 1.37. The lowest BCUT2D eigenvalue weighted by Crippen LogP contribution is -2.28. The molecule has 3 heterocycles. The fraction of sp³-hybridized carbons (Fsp3) is 0.353. The quantitative estimate of drug-likeness (QED) is 0.880. The van der Waals surface area contributed by atoms with E-state index in [1.165, 1.54) is 0 Å². The molecule has 2 aliphatic heterocycles. The van der Waals surface area contributed by atoms with Crippen molar-refractivity contribution >= 4 is 23.2 Å². The average Bonchev–Trinajstić information content (AvgIpc) is 3.12. The van der Waals surface area contributed by atoms with Gasteiger partial charge in [-0.15, -0.1) is 10.2 Å². The van der Waals surface area contributed by atoms with Gasteiger partial charge in [0.1, 0.15) is 0 Å². The molecule has 0 unspecified atom stereocenters. The predicted octanol–water partition coefficient (Wildman–Crippen LogP) is 2.31. The molecule has 1 fully saturated rings. The molecule has 0 radical (unpaired) electrons. The van der Waals surface area contributed by atoms with E-state index in [0.29, 0.717) is 30.6 Å². The number of anilines is 3. The zero-order valence-electron chi connectivity index (χ0n) is 13.5. The first kappa shape index (κ1) is 15.6. The highest BCUT2D eigenvalue weighted by atomic mass is 16.7. The van der Waals surface area contributed by atoms with Crippen LogP contribution in [-0.2, 0) is 9.53 Å². The molecule has 0 spiro atoms. The van der Waals surface area contributed by atoms with Crippen molar-refractivity contribution in [3.8, 4) is 11.5 Å². The Kier molecular flexibility index (Phi) is 4.34. The number of aromatic nitrogens is 2. The van der Waals surface area contributed by atoms with Crippen molar-refractivity contribution in [2.45, 2.75) is 12.8 Å². The van der Waals surface area contributed by atoms with Crippen molar-refractivity contribution in [3.63, 3.8) is 0 Å². The van der Waals surface area contributed by atoms with Crippen LogP contribution in [0.25, 0.3) is 0 Å². The van der Waals surface area contributed by atoms with Crippen molar-refractivity contribution < 1.29 is 19.0 Å². The number of ether oxygens (including phenoxy) is 3. The number of nitrogens with zero attached hydrogens (tertiary/aromatic N) is 2. The Morgan fingerprint density at radius 3 is 2.56 bits per heavy atom. The van der Waals surface area contributed by atoms with Crippen molar-refractivity contribution in [2.75, 3.05) is 30.6 Å². The summed E-state index contributed by atoms with van der Waals surface area (Å²) in [7, 11) is 0. The van der Waals surface area contributed by atoms with Gasteiger partial charge in [0.2, 0.25) is 12.7 Å². The van der Waals surface area contributed by atoms with E-state index in [-0.39, 0.29) is 18.6 Å². The van der Waals surface area contributed by atoms with E-state index in [9.17, 15) is 4.79 Å². The first-order valence-corrected chi connectivity index (χ1v) is 8.17. The number of hydrogen-bond donors (Lipinski definition) is 2. The van der Waals surface area contributed by atoms with Crippen molar-refractivity contribution in [1.82, 2.24) is 10.2 Å². The first-order chi connectivity index (χ1) is 12.3. The molecule has 8 nitrogen and oxygen atoms in total. The number of nitrogens with one attached hydrogen (secondary N) is 2. The lowest BCUT2D eigenvalue weighted by Gasteiger charge is -2.20. The van der Waals surface area contributed by atoms with Crippen LogP contribution in [0.2, 0.25) is 0 Å². The molecular formula is C17H18N4O4. The van der Waals surface area contributed by atoms with Gasteiger partial charge in [0, 0.05) is 30.9 Å². The Morgan fingerprint density at radius 1 is 1.00 bits per heavy atom. The van der Waals surface area contributed by atoms with Crippen LogP contribution in [0.15, 0.2) is 30.3 Å². The van der Waals surface area contributed by atoms with E-state index in [1.807, 2.05) is 18.2 Å². The van der Waals surface area contributed by atoms with Crippen LogP contribution >= 0.6 is 0 Å². The molecule has 0 atom stereocenters. The number of amides is 1. The second kappa shape index (κ2) is 6.94. The minimum absolute atomic E-state index is 0.0259. The zero-order valence-corrected chi connectivity index (χ0v) is 13.5. The minimum Gasteiger partial charge on any atom is -0.454 e. The molecule has 130 valence electrons. The van der Waals surface area contributed by atoms with Gasteiger partial charge in [-0.1, -0.05) is 0 Å². The monoisotopic (exact) mass is 342 g/mol. The molecule has 0 saturated carbocycles. The van der Waals surface area contributed by atoms with Crippen molar-refractivity contribution in [2.24, 2.45) is 5.92 Å². The van der Waals surface area contributed by atoms with Crippen LogP contribution in [-0.4, -0.2) is 36.1 Å². The molecule has 1 saturated heterocycles. The number of rotatable bonds is 4. The van der Waals surface area contributed by atoms with Gasteiger partial charge in [0.25, 0.3) is 0 Å². The van der Waals surface area contributed by atoms with Gasteiger partial charge in [-0.25, -0.2) is 0 Å². The van der Waals surface area contributed by atoms with E-state index < -0.39 is 0 Å². The molecule has 0 bridgehead atoms. The van der Waals surface area contributed by atoms with Gasteiger partial charge >= 0.3 is 0 Å². The number of hydrogen-bond acceptors (Lipinski definition) is 7. The maximum Gasteiger partial charge on any atom is 0.231 e. The third-order valence-electron chi connectivity index (χ3n) is 4.15. The maximum absolute atomic E-state index is 12.2. The third-order valence-corrected chi connectivity index (χ3v) is 4.15. The van der Waals surface area contributed by atoms with Crippen LogP contribution < -0.4 is 20.1 Å². The summed E-state index contributed by atoms with van der Waals surface area (Å²) in [5, 5.41) is 14.1. The van der Waals surface area contributed by atoms with Crippen LogP contribution in [0.3, 0.4) is 0 Å². The lowest BCUT2D eigenvalue weighted by molar-refractivity contribution is -0.122. The fourth-order valence-electron chi connectivity index (χ4n) is 2.78. The van der Waals surface area contributed by atoms with E-state index >= 15 is 0 Å². The number of carbonyl (C=O) groups excluding carboxylic acids is 1. The van der Waals surface area contributed by atoms with Crippen molar-refractivity contribution in [1.29, 1.82) is 0 Å². The normalized spacial score (nSPS) is 16.5. The highest BCUT2D eigenvalue weighted by Gasteiger charge is 2.22. The van der Waals surface area contributed by atoms with Gasteiger partial charge in [0.05, 0.1) is 0 Å². The summed E-state index contributed by atoms with van der Waals surface area (Å²) in [6.45, 7) is 1.49. The summed E-state index contributed by atoms with van der Waals surface area (Å²) >= 11 is 0. The summed E-state index contributed by atoms with van der Waals surface area (Å²) in [5.41, 5.74) is 0.817. The summed E-state index contributed by atoms with van der Waals surface area (Å²) in [5.74, 6) is 2.37. The SMILES string of the molecule is O=C(Nc1ccc(Nc2ccc3c(c2)OCO3)nn1)C1CCOCC1. The Hall–Kier alpha value is -2.87. The van der Waals surface area contributed by atoms with Crippen LogP contribution in [0.1, 0.15) is 12.8 Å². The van der Waals surface area contributed by atoms with E-state index in [0.717, 1.165) is 24.3 Å². The molecule has 4 rings (SSSR count). The standard InChI is InChI=1S/C17H18N4O4/c22-17(11-5-7-23-8-6-11)19-16-4-3-15(20-21-16)18-12-1-2-13-14(9-12)25-10-24-13/h1-4,9,11H,5-8,10H2,(H,18,20)(H,19,21,22). The second-order valence-corrected chi connectivity index (χ2v) is 5.87. The smallest absolute Gasteiger partial charge is 0.231 e. The fourth-order valence-corrected chi connectivity index (χ4v) is 2.78.